The summed E-state index contributed by atoms with van der Waals surface area (Å²) in [5.74, 6) is -0.811. The zero-order chi connectivity index (χ0) is 15.4. The third-order valence-corrected chi connectivity index (χ3v) is 3.92. The number of carbonyl (C=O) groups is 1. The molecule has 5 heteroatoms. The van der Waals surface area contributed by atoms with E-state index in [0.717, 1.165) is 24.1 Å². The fraction of sp³-hybridized carbons (Fsp3) is 0.562. The van der Waals surface area contributed by atoms with Crippen LogP contribution in [0.25, 0.3) is 0 Å². The van der Waals surface area contributed by atoms with Crippen molar-refractivity contribution < 1.29 is 15.0 Å². The molecule has 5 nitrogen and oxygen atoms in total. The van der Waals surface area contributed by atoms with Crippen molar-refractivity contribution >= 4 is 5.97 Å². The second-order valence-corrected chi connectivity index (χ2v) is 6.07. The Bertz CT molecular complexity index is 490. The van der Waals surface area contributed by atoms with Crippen LogP contribution < -0.4 is 0 Å². The highest BCUT2D eigenvalue weighted by atomic mass is 16.4. The van der Waals surface area contributed by atoms with E-state index < -0.39 is 5.97 Å². The van der Waals surface area contributed by atoms with Crippen LogP contribution in [0, 0.1) is 0 Å². The number of aliphatic carboxylic acids is 1. The zero-order valence-electron chi connectivity index (χ0n) is 12.7. The fourth-order valence-electron chi connectivity index (χ4n) is 3.03. The second kappa shape index (κ2) is 7.02. The molecule has 1 saturated heterocycles. The number of nitrogens with zero attached hydrogens (tertiary/aromatic N) is 2. The molecule has 0 aromatic heterocycles. The number of likely N-dealkylation sites (tertiary alicyclic amines) is 1. The van der Waals surface area contributed by atoms with Crippen molar-refractivity contribution in [2.45, 2.75) is 31.5 Å². The largest absolute Gasteiger partial charge is 0.481 e. The Morgan fingerprint density at radius 3 is 2.62 bits per heavy atom. The van der Waals surface area contributed by atoms with Gasteiger partial charge in [-0.15, -0.1) is 0 Å². The Morgan fingerprint density at radius 1 is 1.33 bits per heavy atom. The van der Waals surface area contributed by atoms with Crippen LogP contribution in [0.1, 0.15) is 17.5 Å². The normalized spacial score (nSPS) is 22.9. The number of hydrogen-bond acceptors (Lipinski definition) is 4. The summed E-state index contributed by atoms with van der Waals surface area (Å²) in [6, 6.07) is 7.98. The van der Waals surface area contributed by atoms with E-state index in [1.54, 1.807) is 0 Å². The van der Waals surface area contributed by atoms with Crippen molar-refractivity contribution in [1.82, 2.24) is 9.80 Å². The molecule has 0 amide bonds. The Balaban J connectivity index is 2.11. The van der Waals surface area contributed by atoms with Crippen LogP contribution in [0.3, 0.4) is 0 Å². The maximum Gasteiger partial charge on any atom is 0.307 e. The van der Waals surface area contributed by atoms with Crippen LogP contribution in [0.4, 0.5) is 0 Å². The van der Waals surface area contributed by atoms with Gasteiger partial charge in [-0.05, 0) is 31.6 Å². The van der Waals surface area contributed by atoms with E-state index in [1.807, 2.05) is 38.4 Å². The summed E-state index contributed by atoms with van der Waals surface area (Å²) < 4.78 is 0. The molecule has 2 unspecified atom stereocenters. The van der Waals surface area contributed by atoms with Crippen molar-refractivity contribution in [3.05, 3.63) is 35.4 Å². The lowest BCUT2D eigenvalue weighted by molar-refractivity contribution is -0.136. The maximum atomic E-state index is 11.0. The smallest absolute Gasteiger partial charge is 0.307 e. The quantitative estimate of drug-likeness (QED) is 0.812. The van der Waals surface area contributed by atoms with E-state index in [2.05, 4.69) is 9.80 Å². The molecule has 1 aromatic rings. The van der Waals surface area contributed by atoms with Gasteiger partial charge in [-0.2, -0.15) is 0 Å². The van der Waals surface area contributed by atoms with Crippen molar-refractivity contribution in [2.75, 3.05) is 27.2 Å². The number of carboxylic acids is 1. The minimum Gasteiger partial charge on any atom is -0.481 e. The molecular formula is C16H24N2O3. The van der Waals surface area contributed by atoms with Crippen molar-refractivity contribution in [3.63, 3.8) is 0 Å². The van der Waals surface area contributed by atoms with Gasteiger partial charge in [0.1, 0.15) is 0 Å². The highest BCUT2D eigenvalue weighted by molar-refractivity contribution is 5.70. The van der Waals surface area contributed by atoms with E-state index in [9.17, 15) is 9.90 Å². The summed E-state index contributed by atoms with van der Waals surface area (Å²) in [6.07, 6.45) is 0.533. The monoisotopic (exact) mass is 292 g/mol. The molecule has 2 atom stereocenters. The van der Waals surface area contributed by atoms with E-state index >= 15 is 0 Å². The first-order valence-electron chi connectivity index (χ1n) is 7.31. The molecular weight excluding hydrogens is 268 g/mol. The van der Waals surface area contributed by atoms with Crippen molar-refractivity contribution in [3.8, 4) is 0 Å². The average Bonchev–Trinajstić information content (AvgIpc) is 2.70. The minimum absolute atomic E-state index is 0.0465. The zero-order valence-corrected chi connectivity index (χ0v) is 12.7. The highest BCUT2D eigenvalue weighted by Gasteiger charge is 2.31. The first-order valence-corrected chi connectivity index (χ1v) is 7.31. The highest BCUT2D eigenvalue weighted by Crippen LogP contribution is 2.22. The number of likely N-dealkylation sites (N-methyl/N-ethyl adjacent to an activating group) is 1. The number of aliphatic hydroxyl groups excluding tert-OH is 1. The number of aliphatic hydroxyl groups is 1. The lowest BCUT2D eigenvalue weighted by atomic mass is 10.0. The first kappa shape index (κ1) is 15.9. The molecule has 0 radical (unpaired) electrons. The standard InChI is InChI=1S/C16H24N2O3/c1-17(2)10-14-8-15(19)11-18(14)9-13-6-4-3-5-12(13)7-16(20)21/h3-6,14-15,19H,7-11H2,1-2H3,(H,20,21). The molecule has 0 aliphatic carbocycles. The molecule has 116 valence electrons. The summed E-state index contributed by atoms with van der Waals surface area (Å²) in [7, 11) is 4.06. The Hall–Kier alpha value is -1.43. The molecule has 0 bridgehead atoms. The topological polar surface area (TPSA) is 64.0 Å². The van der Waals surface area contributed by atoms with Gasteiger partial charge in [0.15, 0.2) is 0 Å². The number of benzene rings is 1. The molecule has 0 saturated carbocycles. The van der Waals surface area contributed by atoms with Crippen LogP contribution in [-0.2, 0) is 17.8 Å². The maximum absolute atomic E-state index is 11.0. The fourth-order valence-corrected chi connectivity index (χ4v) is 3.03. The van der Waals surface area contributed by atoms with Gasteiger partial charge in [0.05, 0.1) is 12.5 Å². The first-order chi connectivity index (χ1) is 9.95. The Labute approximate surface area is 125 Å². The van der Waals surface area contributed by atoms with Gasteiger partial charge in [-0.1, -0.05) is 24.3 Å². The lowest BCUT2D eigenvalue weighted by Gasteiger charge is -2.27. The summed E-state index contributed by atoms with van der Waals surface area (Å²) >= 11 is 0. The van der Waals surface area contributed by atoms with Gasteiger partial charge in [-0.25, -0.2) is 0 Å². The van der Waals surface area contributed by atoms with Crippen molar-refractivity contribution in [2.24, 2.45) is 0 Å². The SMILES string of the molecule is CN(C)CC1CC(O)CN1Cc1ccccc1CC(=O)O. The number of rotatable bonds is 6. The van der Waals surface area contributed by atoms with Crippen LogP contribution in [-0.4, -0.2) is 65.3 Å². The third kappa shape index (κ3) is 4.52. The molecule has 21 heavy (non-hydrogen) atoms. The molecule has 1 heterocycles. The predicted octanol–water partition coefficient (Wildman–Crippen LogP) is 0.810. The summed E-state index contributed by atoms with van der Waals surface area (Å²) in [5, 5.41) is 18.9. The molecule has 1 aromatic carbocycles. The van der Waals surface area contributed by atoms with Crippen molar-refractivity contribution in [1.29, 1.82) is 0 Å². The van der Waals surface area contributed by atoms with Crippen LogP contribution in [0.5, 0.6) is 0 Å². The van der Waals surface area contributed by atoms with E-state index in [-0.39, 0.29) is 12.5 Å². The Kier molecular flexibility index (Phi) is 5.33. The second-order valence-electron chi connectivity index (χ2n) is 6.07. The predicted molar refractivity (Wildman–Crippen MR) is 81.2 cm³/mol. The molecule has 1 aliphatic rings. The van der Waals surface area contributed by atoms with Gasteiger partial charge < -0.3 is 15.1 Å². The number of β-amino-alcohol motifs (C(OH)–C–C–N with tert-alkyl or cyclic N) is 1. The average molecular weight is 292 g/mol. The van der Waals surface area contributed by atoms with Crippen LogP contribution >= 0.6 is 0 Å². The lowest BCUT2D eigenvalue weighted by Crippen LogP contribution is -2.37. The molecule has 1 aliphatic heterocycles. The molecule has 0 spiro atoms. The van der Waals surface area contributed by atoms with E-state index in [0.29, 0.717) is 19.1 Å². The number of hydrogen-bond donors (Lipinski definition) is 2. The molecule has 1 fully saturated rings. The molecule has 2 N–H and O–H groups in total. The van der Waals surface area contributed by atoms with Crippen LogP contribution in [0.2, 0.25) is 0 Å². The summed E-state index contributed by atoms with van der Waals surface area (Å²) in [6.45, 7) is 2.25. The van der Waals surface area contributed by atoms with Gasteiger partial charge in [0.25, 0.3) is 0 Å². The summed E-state index contributed by atoms with van der Waals surface area (Å²) in [4.78, 5) is 15.3. The van der Waals surface area contributed by atoms with E-state index in [4.69, 9.17) is 5.11 Å². The number of carboxylic acid groups (broad SMARTS) is 1. The Morgan fingerprint density at radius 2 is 2.00 bits per heavy atom. The van der Waals surface area contributed by atoms with E-state index in [1.165, 1.54) is 0 Å². The minimum atomic E-state index is -0.811. The van der Waals surface area contributed by atoms with Gasteiger partial charge in [-0.3, -0.25) is 9.69 Å². The van der Waals surface area contributed by atoms with Gasteiger partial charge in [0, 0.05) is 25.7 Å². The van der Waals surface area contributed by atoms with Gasteiger partial charge >= 0.3 is 5.97 Å². The van der Waals surface area contributed by atoms with Gasteiger partial charge in [0.2, 0.25) is 0 Å². The third-order valence-electron chi connectivity index (χ3n) is 3.92. The van der Waals surface area contributed by atoms with Crippen LogP contribution in [0.15, 0.2) is 24.3 Å². The molecule has 2 rings (SSSR count). The summed E-state index contributed by atoms with van der Waals surface area (Å²) in [5.41, 5.74) is 1.90.